The first-order chi connectivity index (χ1) is 8.45. The molecule has 1 aromatic rings. The summed E-state index contributed by atoms with van der Waals surface area (Å²) in [5, 5.41) is 4.11. The van der Waals surface area contributed by atoms with E-state index >= 15 is 0 Å². The Labute approximate surface area is 123 Å². The number of carbonyl (C=O) groups is 1. The molecule has 0 unspecified atom stereocenters. The maximum absolute atomic E-state index is 12.2. The molecule has 0 saturated carbocycles. The molecular weight excluding hydrogens is 364 g/mol. The molecule has 18 heavy (non-hydrogen) atoms. The number of aromatic nitrogens is 3. The van der Waals surface area contributed by atoms with Crippen molar-refractivity contribution in [3.63, 3.8) is 0 Å². The van der Waals surface area contributed by atoms with Crippen molar-refractivity contribution >= 4 is 37.8 Å². The zero-order valence-corrected chi connectivity index (χ0v) is 13.6. The van der Waals surface area contributed by atoms with Gasteiger partial charge in [-0.25, -0.2) is 4.68 Å². The van der Waals surface area contributed by atoms with E-state index in [1.54, 1.807) is 4.68 Å². The molecule has 100 valence electrons. The van der Waals surface area contributed by atoms with E-state index in [0.717, 1.165) is 13.1 Å². The lowest BCUT2D eigenvalue weighted by molar-refractivity contribution is -0.134. The molecule has 1 saturated heterocycles. The minimum absolute atomic E-state index is 0.103. The van der Waals surface area contributed by atoms with Crippen LogP contribution in [0.15, 0.2) is 9.47 Å². The lowest BCUT2D eigenvalue weighted by Crippen LogP contribution is -2.44. The lowest BCUT2D eigenvalue weighted by atomic mass is 9.92. The summed E-state index contributed by atoms with van der Waals surface area (Å²) in [5.41, 5.74) is 0. The summed E-state index contributed by atoms with van der Waals surface area (Å²) in [6, 6.07) is 0. The second-order valence-corrected chi connectivity index (χ2v) is 6.47. The molecular formula is C11H16Br2N4O. The normalized spacial score (nSPS) is 24.3. The van der Waals surface area contributed by atoms with Gasteiger partial charge in [0.1, 0.15) is 6.54 Å². The maximum Gasteiger partial charge on any atom is 0.244 e. The van der Waals surface area contributed by atoms with Crippen LogP contribution >= 0.6 is 31.9 Å². The maximum atomic E-state index is 12.2. The van der Waals surface area contributed by atoms with Crippen molar-refractivity contribution in [2.75, 3.05) is 13.1 Å². The second-order valence-electron chi connectivity index (χ2n) is 5.05. The SMILES string of the molecule is C[C@H]1C[C@H](C)CN(C(=O)Cn2nc(Br)nc2Br)C1. The summed E-state index contributed by atoms with van der Waals surface area (Å²) in [5.74, 6) is 1.25. The Morgan fingerprint density at radius 2 is 1.94 bits per heavy atom. The van der Waals surface area contributed by atoms with Crippen molar-refractivity contribution in [1.29, 1.82) is 0 Å². The fraction of sp³-hybridized carbons (Fsp3) is 0.727. The van der Waals surface area contributed by atoms with E-state index in [9.17, 15) is 4.79 Å². The highest BCUT2D eigenvalue weighted by Crippen LogP contribution is 2.21. The van der Waals surface area contributed by atoms with Gasteiger partial charge in [0, 0.05) is 13.1 Å². The highest BCUT2D eigenvalue weighted by atomic mass is 79.9. The first kappa shape index (κ1) is 14.0. The van der Waals surface area contributed by atoms with E-state index in [0.29, 0.717) is 21.3 Å². The van der Waals surface area contributed by atoms with Crippen molar-refractivity contribution < 1.29 is 4.79 Å². The van der Waals surface area contributed by atoms with Gasteiger partial charge in [0.2, 0.25) is 10.6 Å². The predicted molar refractivity (Wildman–Crippen MR) is 74.9 cm³/mol. The monoisotopic (exact) mass is 378 g/mol. The average Bonchev–Trinajstić information content (AvgIpc) is 2.56. The standard InChI is InChI=1S/C11H16Br2N4O/c1-7-3-8(2)5-16(4-7)9(18)6-17-11(13)14-10(12)15-17/h7-8H,3-6H2,1-2H3/t7-,8-/m0/s1. The Hall–Kier alpha value is -0.430. The van der Waals surface area contributed by atoms with Crippen molar-refractivity contribution in [2.45, 2.75) is 26.8 Å². The number of likely N-dealkylation sites (tertiary alicyclic amines) is 1. The van der Waals surface area contributed by atoms with Gasteiger partial charge >= 0.3 is 0 Å². The van der Waals surface area contributed by atoms with Gasteiger partial charge in [-0.15, -0.1) is 5.10 Å². The smallest absolute Gasteiger partial charge is 0.244 e. The fourth-order valence-corrected chi connectivity index (χ4v) is 3.46. The lowest BCUT2D eigenvalue weighted by Gasteiger charge is -2.35. The zero-order chi connectivity index (χ0) is 13.3. The number of piperidine rings is 1. The topological polar surface area (TPSA) is 51.0 Å². The third kappa shape index (κ3) is 3.32. The molecule has 2 heterocycles. The largest absolute Gasteiger partial charge is 0.341 e. The zero-order valence-electron chi connectivity index (χ0n) is 10.4. The van der Waals surface area contributed by atoms with Gasteiger partial charge in [-0.05, 0) is 50.1 Å². The first-order valence-electron chi connectivity index (χ1n) is 5.99. The number of amides is 1. The van der Waals surface area contributed by atoms with Crippen LogP contribution in [-0.2, 0) is 11.3 Å². The third-order valence-corrected chi connectivity index (χ3v) is 4.03. The molecule has 0 aromatic carbocycles. The van der Waals surface area contributed by atoms with E-state index < -0.39 is 0 Å². The summed E-state index contributed by atoms with van der Waals surface area (Å²) >= 11 is 6.47. The number of halogens is 2. The molecule has 1 aromatic heterocycles. The van der Waals surface area contributed by atoms with Crippen LogP contribution in [0, 0.1) is 11.8 Å². The van der Waals surface area contributed by atoms with Crippen LogP contribution in [-0.4, -0.2) is 38.7 Å². The molecule has 0 N–H and O–H groups in total. The van der Waals surface area contributed by atoms with Crippen molar-refractivity contribution in [3.8, 4) is 0 Å². The Balaban J connectivity index is 2.01. The molecule has 0 bridgehead atoms. The van der Waals surface area contributed by atoms with Crippen LogP contribution in [0.3, 0.4) is 0 Å². The van der Waals surface area contributed by atoms with E-state index in [2.05, 4.69) is 55.8 Å². The fourth-order valence-electron chi connectivity index (χ4n) is 2.49. The van der Waals surface area contributed by atoms with Gasteiger partial charge in [0.05, 0.1) is 0 Å². The molecule has 1 aliphatic heterocycles. The molecule has 5 nitrogen and oxygen atoms in total. The van der Waals surface area contributed by atoms with E-state index in [-0.39, 0.29) is 12.5 Å². The van der Waals surface area contributed by atoms with Crippen LogP contribution in [0.2, 0.25) is 0 Å². The quantitative estimate of drug-likeness (QED) is 0.792. The van der Waals surface area contributed by atoms with E-state index in [4.69, 9.17) is 0 Å². The van der Waals surface area contributed by atoms with E-state index in [1.807, 2.05) is 4.90 Å². The van der Waals surface area contributed by atoms with Gasteiger partial charge in [-0.2, -0.15) is 4.98 Å². The molecule has 0 aliphatic carbocycles. The van der Waals surface area contributed by atoms with Gasteiger partial charge in [0.25, 0.3) is 0 Å². The Kier molecular flexibility index (Phi) is 4.42. The molecule has 2 rings (SSSR count). The molecule has 2 atom stereocenters. The van der Waals surface area contributed by atoms with Gasteiger partial charge in [0.15, 0.2) is 4.73 Å². The highest BCUT2D eigenvalue weighted by molar-refractivity contribution is 9.11. The summed E-state index contributed by atoms with van der Waals surface area (Å²) in [6.07, 6.45) is 1.20. The Bertz CT molecular complexity index is 438. The number of hydrogen-bond acceptors (Lipinski definition) is 3. The number of hydrogen-bond donors (Lipinski definition) is 0. The number of rotatable bonds is 2. The second kappa shape index (κ2) is 5.69. The summed E-state index contributed by atoms with van der Waals surface area (Å²) in [6.45, 7) is 6.31. The van der Waals surface area contributed by atoms with Gasteiger partial charge < -0.3 is 4.90 Å². The molecule has 0 radical (unpaired) electrons. The molecule has 1 fully saturated rings. The molecule has 1 aliphatic rings. The summed E-state index contributed by atoms with van der Waals surface area (Å²) < 4.78 is 2.62. The predicted octanol–water partition coefficient (Wildman–Crippen LogP) is 2.31. The van der Waals surface area contributed by atoms with Crippen LogP contribution in [0.25, 0.3) is 0 Å². The van der Waals surface area contributed by atoms with E-state index in [1.165, 1.54) is 6.42 Å². The van der Waals surface area contributed by atoms with Gasteiger partial charge in [-0.3, -0.25) is 4.79 Å². The van der Waals surface area contributed by atoms with Crippen LogP contribution < -0.4 is 0 Å². The average molecular weight is 380 g/mol. The van der Waals surface area contributed by atoms with Crippen molar-refractivity contribution in [2.24, 2.45) is 11.8 Å². The minimum atomic E-state index is 0.103. The summed E-state index contributed by atoms with van der Waals surface area (Å²) in [4.78, 5) is 18.2. The number of nitrogens with zero attached hydrogens (tertiary/aromatic N) is 4. The van der Waals surface area contributed by atoms with Gasteiger partial charge in [-0.1, -0.05) is 13.8 Å². The Morgan fingerprint density at radius 3 is 2.44 bits per heavy atom. The molecule has 7 heteroatoms. The third-order valence-electron chi connectivity index (χ3n) is 3.11. The highest BCUT2D eigenvalue weighted by Gasteiger charge is 2.26. The molecule has 0 spiro atoms. The Morgan fingerprint density at radius 1 is 1.33 bits per heavy atom. The first-order valence-corrected chi connectivity index (χ1v) is 7.58. The molecule has 1 amide bonds. The summed E-state index contributed by atoms with van der Waals surface area (Å²) in [7, 11) is 0. The van der Waals surface area contributed by atoms with Crippen LogP contribution in [0.5, 0.6) is 0 Å². The van der Waals surface area contributed by atoms with Crippen LogP contribution in [0.4, 0.5) is 0 Å². The van der Waals surface area contributed by atoms with Crippen molar-refractivity contribution in [1.82, 2.24) is 19.7 Å². The minimum Gasteiger partial charge on any atom is -0.341 e. The van der Waals surface area contributed by atoms with Crippen molar-refractivity contribution in [3.05, 3.63) is 9.47 Å². The number of carbonyl (C=O) groups excluding carboxylic acids is 1. The van der Waals surface area contributed by atoms with Crippen LogP contribution in [0.1, 0.15) is 20.3 Å².